The number of nitrogens with zero attached hydrogens (tertiary/aromatic N) is 1. The van der Waals surface area contributed by atoms with Crippen LogP contribution in [0.5, 0.6) is 0 Å². The molecule has 1 heterocycles. The standard InChI is InChI=1S/C15H27N3O3/c1-5-18(6-2)12(3)10-16-14(19)17-11-15(4,20)13-8-7-9-21-13/h7-9,12,20H,5-6,10-11H2,1-4H3,(H2,16,17,19). The van der Waals surface area contributed by atoms with Gasteiger partial charge in [0.1, 0.15) is 11.4 Å². The van der Waals surface area contributed by atoms with Crippen LogP contribution in [0.3, 0.4) is 0 Å². The zero-order valence-electron chi connectivity index (χ0n) is 13.3. The lowest BCUT2D eigenvalue weighted by Crippen LogP contribution is -2.47. The molecule has 0 aliphatic heterocycles. The summed E-state index contributed by atoms with van der Waals surface area (Å²) in [5.74, 6) is 0.430. The molecule has 2 amide bonds. The van der Waals surface area contributed by atoms with E-state index in [0.717, 1.165) is 13.1 Å². The average molecular weight is 297 g/mol. The van der Waals surface area contributed by atoms with Gasteiger partial charge in [0.2, 0.25) is 0 Å². The third-order valence-corrected chi connectivity index (χ3v) is 3.64. The van der Waals surface area contributed by atoms with Gasteiger partial charge in [0, 0.05) is 12.6 Å². The summed E-state index contributed by atoms with van der Waals surface area (Å²) in [6.45, 7) is 10.4. The van der Waals surface area contributed by atoms with E-state index in [1.807, 2.05) is 0 Å². The molecule has 2 atom stereocenters. The molecule has 6 nitrogen and oxygen atoms in total. The zero-order valence-corrected chi connectivity index (χ0v) is 13.3. The Morgan fingerprint density at radius 2 is 2.10 bits per heavy atom. The van der Waals surface area contributed by atoms with Gasteiger partial charge in [-0.25, -0.2) is 4.79 Å². The van der Waals surface area contributed by atoms with Crippen LogP contribution in [-0.4, -0.2) is 48.3 Å². The molecule has 0 aromatic carbocycles. The Balaban J connectivity index is 2.34. The van der Waals surface area contributed by atoms with E-state index < -0.39 is 5.60 Å². The van der Waals surface area contributed by atoms with Crippen LogP contribution in [-0.2, 0) is 5.60 Å². The third kappa shape index (κ3) is 5.40. The number of urea groups is 1. The highest BCUT2D eigenvalue weighted by Crippen LogP contribution is 2.19. The summed E-state index contributed by atoms with van der Waals surface area (Å²) in [6, 6.07) is 3.37. The first-order valence-corrected chi connectivity index (χ1v) is 7.42. The normalized spacial score (nSPS) is 15.5. The van der Waals surface area contributed by atoms with Gasteiger partial charge in [-0.2, -0.15) is 0 Å². The van der Waals surface area contributed by atoms with E-state index in [1.54, 1.807) is 19.1 Å². The van der Waals surface area contributed by atoms with Crippen molar-refractivity contribution in [2.45, 2.75) is 39.3 Å². The van der Waals surface area contributed by atoms with Crippen LogP contribution in [0.1, 0.15) is 33.5 Å². The summed E-state index contributed by atoms with van der Waals surface area (Å²) in [5.41, 5.74) is -1.22. The van der Waals surface area contributed by atoms with Crippen LogP contribution in [0, 0.1) is 0 Å². The Morgan fingerprint density at radius 1 is 1.43 bits per heavy atom. The predicted octanol–water partition coefficient (Wildman–Crippen LogP) is 1.52. The Kier molecular flexibility index (Phi) is 6.71. The number of hydrogen-bond acceptors (Lipinski definition) is 4. The molecule has 0 radical (unpaired) electrons. The van der Waals surface area contributed by atoms with E-state index in [2.05, 4.69) is 36.3 Å². The molecule has 1 aromatic rings. The second-order valence-corrected chi connectivity index (χ2v) is 5.38. The van der Waals surface area contributed by atoms with E-state index in [1.165, 1.54) is 6.26 Å². The van der Waals surface area contributed by atoms with Crippen LogP contribution in [0.15, 0.2) is 22.8 Å². The highest BCUT2D eigenvalue weighted by atomic mass is 16.4. The molecule has 1 aromatic heterocycles. The van der Waals surface area contributed by atoms with E-state index in [4.69, 9.17) is 4.42 Å². The lowest BCUT2D eigenvalue weighted by molar-refractivity contribution is 0.0367. The minimum Gasteiger partial charge on any atom is -0.466 e. The molecule has 0 bridgehead atoms. The number of carbonyl (C=O) groups excluding carboxylic acids is 1. The first kappa shape index (κ1) is 17.5. The fraction of sp³-hybridized carbons (Fsp3) is 0.667. The summed E-state index contributed by atoms with van der Waals surface area (Å²) in [4.78, 5) is 14.0. The molecule has 0 saturated heterocycles. The lowest BCUT2D eigenvalue weighted by atomic mass is 10.0. The summed E-state index contributed by atoms with van der Waals surface area (Å²) >= 11 is 0. The van der Waals surface area contributed by atoms with Gasteiger partial charge in [0.05, 0.1) is 12.8 Å². The molecule has 0 saturated carbocycles. The SMILES string of the molecule is CCN(CC)C(C)CNC(=O)NCC(C)(O)c1ccco1. The molecule has 21 heavy (non-hydrogen) atoms. The minimum atomic E-state index is -1.22. The van der Waals surface area contributed by atoms with Crippen molar-refractivity contribution in [1.29, 1.82) is 0 Å². The van der Waals surface area contributed by atoms with Gasteiger partial charge in [-0.15, -0.1) is 0 Å². The van der Waals surface area contributed by atoms with Crippen LogP contribution >= 0.6 is 0 Å². The Bertz CT molecular complexity index is 414. The number of rotatable bonds is 8. The monoisotopic (exact) mass is 297 g/mol. The van der Waals surface area contributed by atoms with E-state index in [9.17, 15) is 9.90 Å². The van der Waals surface area contributed by atoms with Crippen molar-refractivity contribution in [3.63, 3.8) is 0 Å². The van der Waals surface area contributed by atoms with Gasteiger partial charge in [0.15, 0.2) is 0 Å². The summed E-state index contributed by atoms with van der Waals surface area (Å²) in [7, 11) is 0. The topological polar surface area (TPSA) is 77.7 Å². The molecule has 120 valence electrons. The maximum atomic E-state index is 11.8. The second kappa shape index (κ2) is 8.05. The van der Waals surface area contributed by atoms with Crippen molar-refractivity contribution in [3.05, 3.63) is 24.2 Å². The molecular formula is C15H27N3O3. The van der Waals surface area contributed by atoms with E-state index in [-0.39, 0.29) is 18.6 Å². The highest BCUT2D eigenvalue weighted by molar-refractivity contribution is 5.73. The van der Waals surface area contributed by atoms with Crippen LogP contribution < -0.4 is 10.6 Å². The van der Waals surface area contributed by atoms with Crippen molar-refractivity contribution in [3.8, 4) is 0 Å². The Hall–Kier alpha value is -1.53. The van der Waals surface area contributed by atoms with Gasteiger partial charge < -0.3 is 20.2 Å². The third-order valence-electron chi connectivity index (χ3n) is 3.64. The van der Waals surface area contributed by atoms with Crippen molar-refractivity contribution >= 4 is 6.03 Å². The van der Waals surface area contributed by atoms with Gasteiger partial charge in [-0.3, -0.25) is 4.90 Å². The number of amides is 2. The number of hydrogen-bond donors (Lipinski definition) is 3. The fourth-order valence-corrected chi connectivity index (χ4v) is 2.20. The molecule has 6 heteroatoms. The smallest absolute Gasteiger partial charge is 0.314 e. The molecule has 3 N–H and O–H groups in total. The van der Waals surface area contributed by atoms with Crippen molar-refractivity contribution in [2.75, 3.05) is 26.2 Å². The average Bonchev–Trinajstić information content (AvgIpc) is 2.99. The molecule has 0 aliphatic rings. The number of likely N-dealkylation sites (N-methyl/N-ethyl adjacent to an activating group) is 1. The van der Waals surface area contributed by atoms with Gasteiger partial charge in [-0.1, -0.05) is 13.8 Å². The van der Waals surface area contributed by atoms with Gasteiger partial charge in [0.25, 0.3) is 0 Å². The number of furan rings is 1. The van der Waals surface area contributed by atoms with Crippen molar-refractivity contribution < 1.29 is 14.3 Å². The first-order valence-electron chi connectivity index (χ1n) is 7.42. The quantitative estimate of drug-likeness (QED) is 0.680. The van der Waals surface area contributed by atoms with Crippen molar-refractivity contribution in [1.82, 2.24) is 15.5 Å². The van der Waals surface area contributed by atoms with Crippen molar-refractivity contribution in [2.24, 2.45) is 0 Å². The highest BCUT2D eigenvalue weighted by Gasteiger charge is 2.26. The van der Waals surface area contributed by atoms with Crippen LogP contribution in [0.25, 0.3) is 0 Å². The maximum Gasteiger partial charge on any atom is 0.314 e. The molecule has 0 aliphatic carbocycles. The van der Waals surface area contributed by atoms with Gasteiger partial charge >= 0.3 is 6.03 Å². The number of carbonyl (C=O) groups is 1. The Morgan fingerprint density at radius 3 is 2.62 bits per heavy atom. The predicted molar refractivity (Wildman–Crippen MR) is 82.1 cm³/mol. The number of aliphatic hydroxyl groups is 1. The molecular weight excluding hydrogens is 270 g/mol. The van der Waals surface area contributed by atoms with Crippen LogP contribution in [0.4, 0.5) is 4.79 Å². The van der Waals surface area contributed by atoms with E-state index in [0.29, 0.717) is 12.3 Å². The minimum absolute atomic E-state index is 0.0893. The second-order valence-electron chi connectivity index (χ2n) is 5.38. The summed E-state index contributed by atoms with van der Waals surface area (Å²) in [5, 5.41) is 15.7. The molecule has 0 fully saturated rings. The molecule has 0 spiro atoms. The first-order chi connectivity index (χ1) is 9.90. The summed E-state index contributed by atoms with van der Waals surface area (Å²) < 4.78 is 5.16. The molecule has 1 rings (SSSR count). The lowest BCUT2D eigenvalue weighted by Gasteiger charge is -2.27. The largest absolute Gasteiger partial charge is 0.466 e. The zero-order chi connectivity index (χ0) is 15.9. The van der Waals surface area contributed by atoms with E-state index >= 15 is 0 Å². The maximum absolute atomic E-state index is 11.8. The Labute approximate surface area is 126 Å². The van der Waals surface area contributed by atoms with Crippen LogP contribution in [0.2, 0.25) is 0 Å². The number of nitrogens with one attached hydrogen (secondary N) is 2. The fourth-order valence-electron chi connectivity index (χ4n) is 2.20. The summed E-state index contributed by atoms with van der Waals surface area (Å²) in [6.07, 6.45) is 1.50. The van der Waals surface area contributed by atoms with Gasteiger partial charge in [-0.05, 0) is 39.1 Å². The molecule has 2 unspecified atom stereocenters.